The number of carbonyl (C=O) groups is 2. The van der Waals surface area contributed by atoms with E-state index in [1.165, 1.54) is 24.5 Å². The van der Waals surface area contributed by atoms with Crippen molar-refractivity contribution in [3.8, 4) is 0 Å². The van der Waals surface area contributed by atoms with E-state index in [9.17, 15) is 9.59 Å². The molecule has 106 valence electrons. The number of aromatic nitrogens is 2. The first-order valence-corrected chi connectivity index (χ1v) is 5.87. The summed E-state index contributed by atoms with van der Waals surface area (Å²) in [4.78, 5) is 31.4. The molecule has 2 aromatic rings. The van der Waals surface area contributed by atoms with Crippen LogP contribution in [0.4, 0.5) is 11.6 Å². The molecule has 2 heterocycles. The second-order valence-electron chi connectivity index (χ2n) is 3.79. The van der Waals surface area contributed by atoms with Gasteiger partial charge in [-0.1, -0.05) is 17.3 Å². The number of hydrogen-bond acceptors (Lipinski definition) is 6. The number of hydrogen-bond donors (Lipinski definition) is 3. The van der Waals surface area contributed by atoms with Crippen molar-refractivity contribution < 1.29 is 14.8 Å². The molecule has 0 bridgehead atoms. The number of anilines is 2. The Bertz CT molecular complexity index is 603. The average molecular weight is 285 g/mol. The van der Waals surface area contributed by atoms with Gasteiger partial charge in [-0.05, 0) is 24.3 Å². The zero-order valence-corrected chi connectivity index (χ0v) is 10.7. The molecular formula is C13H11N5O3. The van der Waals surface area contributed by atoms with Crippen LogP contribution in [0.1, 0.15) is 0 Å². The molecule has 2 aromatic heterocycles. The van der Waals surface area contributed by atoms with Crippen molar-refractivity contribution in [1.29, 1.82) is 0 Å². The standard InChI is InChI=1S/C13H11N5O3/c19-12(16-9-5-1-3-7-14-9)11(18-21)13(20)17-10-6-2-4-8-15-10/h1-8,21H,(H,14,16,19)(H,15,17,20). The minimum absolute atomic E-state index is 0.231. The first-order chi connectivity index (χ1) is 10.2. The van der Waals surface area contributed by atoms with Crippen molar-refractivity contribution in [3.63, 3.8) is 0 Å². The number of nitrogens with zero attached hydrogens (tertiary/aromatic N) is 3. The molecule has 21 heavy (non-hydrogen) atoms. The van der Waals surface area contributed by atoms with Crippen LogP contribution in [0.25, 0.3) is 0 Å². The number of nitrogens with one attached hydrogen (secondary N) is 2. The van der Waals surface area contributed by atoms with Gasteiger partial charge in [-0.25, -0.2) is 9.97 Å². The number of pyridine rings is 2. The Morgan fingerprint density at radius 1 is 0.905 bits per heavy atom. The molecule has 2 amide bonds. The molecule has 3 N–H and O–H groups in total. The second kappa shape index (κ2) is 6.75. The van der Waals surface area contributed by atoms with Gasteiger partial charge < -0.3 is 15.8 Å². The summed E-state index contributed by atoms with van der Waals surface area (Å²) >= 11 is 0. The molecule has 0 aliphatic heterocycles. The van der Waals surface area contributed by atoms with Crippen molar-refractivity contribution >= 4 is 29.2 Å². The highest BCUT2D eigenvalue weighted by atomic mass is 16.4. The number of carbonyl (C=O) groups excluding carboxylic acids is 2. The zero-order valence-electron chi connectivity index (χ0n) is 10.7. The minimum atomic E-state index is -0.885. The SMILES string of the molecule is O=C(Nc1ccccn1)C(=NO)C(=O)Nc1ccccn1. The maximum Gasteiger partial charge on any atom is 0.284 e. The lowest BCUT2D eigenvalue weighted by Crippen LogP contribution is -2.34. The van der Waals surface area contributed by atoms with Crippen molar-refractivity contribution in [3.05, 3.63) is 48.8 Å². The van der Waals surface area contributed by atoms with Crippen molar-refractivity contribution in [2.75, 3.05) is 10.6 Å². The van der Waals surface area contributed by atoms with Crippen LogP contribution in [0.15, 0.2) is 53.9 Å². The topological polar surface area (TPSA) is 117 Å². The molecule has 0 aliphatic carbocycles. The van der Waals surface area contributed by atoms with Gasteiger partial charge in [0.1, 0.15) is 11.6 Å². The van der Waals surface area contributed by atoms with Crippen LogP contribution in [0, 0.1) is 0 Å². The molecule has 0 saturated carbocycles. The van der Waals surface area contributed by atoms with Crippen LogP contribution < -0.4 is 10.6 Å². The van der Waals surface area contributed by atoms with E-state index in [4.69, 9.17) is 5.21 Å². The van der Waals surface area contributed by atoms with Crippen LogP contribution in [0.2, 0.25) is 0 Å². The van der Waals surface area contributed by atoms with Gasteiger partial charge in [-0.3, -0.25) is 9.59 Å². The lowest BCUT2D eigenvalue weighted by Gasteiger charge is -2.06. The highest BCUT2D eigenvalue weighted by Gasteiger charge is 2.22. The predicted molar refractivity (Wildman–Crippen MR) is 75.0 cm³/mol. The van der Waals surface area contributed by atoms with Crippen LogP contribution in [-0.2, 0) is 9.59 Å². The Morgan fingerprint density at radius 3 is 1.71 bits per heavy atom. The third kappa shape index (κ3) is 3.83. The van der Waals surface area contributed by atoms with Gasteiger partial charge in [-0.2, -0.15) is 0 Å². The Morgan fingerprint density at radius 2 is 1.38 bits per heavy atom. The fourth-order valence-electron chi connectivity index (χ4n) is 1.42. The fraction of sp³-hybridized carbons (Fsp3) is 0. The van der Waals surface area contributed by atoms with Gasteiger partial charge in [0.15, 0.2) is 0 Å². The Balaban J connectivity index is 2.05. The molecule has 8 heteroatoms. The van der Waals surface area contributed by atoms with Crippen molar-refractivity contribution in [1.82, 2.24) is 9.97 Å². The summed E-state index contributed by atoms with van der Waals surface area (Å²) in [7, 11) is 0. The summed E-state index contributed by atoms with van der Waals surface area (Å²) in [6.45, 7) is 0. The summed E-state index contributed by atoms with van der Waals surface area (Å²) < 4.78 is 0. The average Bonchev–Trinajstić information content (AvgIpc) is 2.50. The van der Waals surface area contributed by atoms with Gasteiger partial charge in [0, 0.05) is 12.4 Å². The van der Waals surface area contributed by atoms with E-state index >= 15 is 0 Å². The van der Waals surface area contributed by atoms with E-state index in [0.717, 1.165) is 0 Å². The fourth-order valence-corrected chi connectivity index (χ4v) is 1.42. The van der Waals surface area contributed by atoms with Crippen LogP contribution >= 0.6 is 0 Å². The Kier molecular flexibility index (Phi) is 4.54. The normalized spacial score (nSPS) is 9.52. The highest BCUT2D eigenvalue weighted by Crippen LogP contribution is 2.03. The summed E-state index contributed by atoms with van der Waals surface area (Å²) in [5, 5.41) is 16.2. The quantitative estimate of drug-likeness (QED) is 0.334. The molecular weight excluding hydrogens is 274 g/mol. The number of rotatable bonds is 4. The summed E-state index contributed by atoms with van der Waals surface area (Å²) in [6, 6.07) is 9.72. The van der Waals surface area contributed by atoms with E-state index < -0.39 is 17.5 Å². The maximum atomic E-state index is 11.9. The molecule has 8 nitrogen and oxygen atoms in total. The number of amides is 2. The van der Waals surface area contributed by atoms with Crippen LogP contribution in [0.3, 0.4) is 0 Å². The molecule has 0 atom stereocenters. The van der Waals surface area contributed by atoms with Gasteiger partial charge >= 0.3 is 0 Å². The lowest BCUT2D eigenvalue weighted by molar-refractivity contribution is -0.114. The zero-order chi connectivity index (χ0) is 15.1. The van der Waals surface area contributed by atoms with Gasteiger partial charge in [0.25, 0.3) is 11.8 Å². The molecule has 0 radical (unpaired) electrons. The van der Waals surface area contributed by atoms with Gasteiger partial charge in [0.2, 0.25) is 5.71 Å². The summed E-state index contributed by atoms with van der Waals surface area (Å²) in [5.74, 6) is -1.31. The molecule has 2 rings (SSSR count). The van der Waals surface area contributed by atoms with Gasteiger partial charge in [-0.15, -0.1) is 0 Å². The predicted octanol–water partition coefficient (Wildman–Crippen LogP) is 0.884. The van der Waals surface area contributed by atoms with E-state index in [2.05, 4.69) is 25.8 Å². The van der Waals surface area contributed by atoms with Crippen LogP contribution in [-0.4, -0.2) is 32.7 Å². The first kappa shape index (κ1) is 14.1. The van der Waals surface area contributed by atoms with Crippen LogP contribution in [0.5, 0.6) is 0 Å². The Labute approximate surface area is 119 Å². The molecule has 0 aliphatic rings. The monoisotopic (exact) mass is 285 g/mol. The molecule has 0 saturated heterocycles. The van der Waals surface area contributed by atoms with E-state index in [0.29, 0.717) is 0 Å². The van der Waals surface area contributed by atoms with Crippen molar-refractivity contribution in [2.24, 2.45) is 5.16 Å². The molecule has 0 fully saturated rings. The summed E-state index contributed by atoms with van der Waals surface area (Å²) in [6.07, 6.45) is 2.94. The van der Waals surface area contributed by atoms with E-state index in [1.54, 1.807) is 24.3 Å². The van der Waals surface area contributed by atoms with Crippen molar-refractivity contribution in [2.45, 2.75) is 0 Å². The number of oxime groups is 1. The molecule has 0 spiro atoms. The smallest absolute Gasteiger partial charge is 0.284 e. The lowest BCUT2D eigenvalue weighted by atomic mass is 10.3. The third-order valence-corrected chi connectivity index (χ3v) is 2.34. The second-order valence-corrected chi connectivity index (χ2v) is 3.79. The maximum absolute atomic E-state index is 11.9. The molecule has 0 aromatic carbocycles. The van der Waals surface area contributed by atoms with E-state index in [-0.39, 0.29) is 11.6 Å². The van der Waals surface area contributed by atoms with E-state index in [1.807, 2.05) is 0 Å². The Hall–Kier alpha value is -3.29. The highest BCUT2D eigenvalue weighted by molar-refractivity contribution is 6.68. The largest absolute Gasteiger partial charge is 0.410 e. The third-order valence-electron chi connectivity index (χ3n) is 2.34. The minimum Gasteiger partial charge on any atom is -0.410 e. The van der Waals surface area contributed by atoms with Gasteiger partial charge in [0.05, 0.1) is 0 Å². The molecule has 0 unspecified atom stereocenters. The first-order valence-electron chi connectivity index (χ1n) is 5.87. The summed E-state index contributed by atoms with van der Waals surface area (Å²) in [5.41, 5.74) is -0.702.